The van der Waals surface area contributed by atoms with Gasteiger partial charge in [-0.2, -0.15) is 0 Å². The molecule has 0 bridgehead atoms. The highest BCUT2D eigenvalue weighted by atomic mass is 16.3. The van der Waals surface area contributed by atoms with Crippen molar-refractivity contribution >= 4 is 11.5 Å². The average molecular weight is 151 g/mol. The van der Waals surface area contributed by atoms with Crippen LogP contribution in [-0.2, 0) is 0 Å². The summed E-state index contributed by atoms with van der Waals surface area (Å²) in [5.41, 5.74) is 6.49. The molecule has 0 atom stereocenters. The molecule has 0 radical (unpaired) electrons. The van der Waals surface area contributed by atoms with Crippen LogP contribution >= 0.6 is 0 Å². The number of hydrogen-bond donors (Lipinski definition) is 2. The molecule has 0 fully saturated rings. The van der Waals surface area contributed by atoms with Crippen molar-refractivity contribution in [3.63, 3.8) is 0 Å². The molecule has 3 nitrogen and oxygen atoms in total. The lowest BCUT2D eigenvalue weighted by molar-refractivity contribution is 0.0904. The first-order valence-corrected chi connectivity index (χ1v) is 3.23. The average Bonchev–Trinajstić information content (AvgIpc) is 2.05. The summed E-state index contributed by atoms with van der Waals surface area (Å²) in [6, 6.07) is 6.44. The summed E-state index contributed by atoms with van der Waals surface area (Å²) in [6.07, 6.45) is 0. The third-order valence-electron chi connectivity index (χ3n) is 1.38. The number of nitrogen functional groups attached to an aromatic ring is 1. The zero-order valence-electron chi connectivity index (χ0n) is 5.95. The van der Waals surface area contributed by atoms with Crippen molar-refractivity contribution in [1.82, 2.24) is 0 Å². The van der Waals surface area contributed by atoms with Crippen molar-refractivity contribution in [3.8, 4) is 0 Å². The van der Waals surface area contributed by atoms with E-state index in [4.69, 9.17) is 10.8 Å². The van der Waals surface area contributed by atoms with Crippen LogP contribution in [0.4, 0.5) is 5.69 Å². The molecule has 1 rings (SSSR count). The Morgan fingerprint density at radius 1 is 1.36 bits per heavy atom. The lowest BCUT2D eigenvalue weighted by Gasteiger charge is -1.96. The molecular formula is C8H9NO2. The molecule has 0 amide bonds. The molecule has 0 unspecified atom stereocenters. The van der Waals surface area contributed by atoms with Crippen LogP contribution in [-0.4, -0.2) is 17.5 Å². The first-order chi connectivity index (χ1) is 5.24. The molecule has 58 valence electrons. The van der Waals surface area contributed by atoms with E-state index in [-0.39, 0.29) is 5.78 Å². The van der Waals surface area contributed by atoms with Crippen molar-refractivity contribution in [2.45, 2.75) is 0 Å². The number of nitrogens with two attached hydrogens (primary N) is 1. The molecule has 0 aliphatic rings. The number of aliphatic hydroxyl groups excluding tert-OH is 1. The Hall–Kier alpha value is -1.35. The van der Waals surface area contributed by atoms with Crippen LogP contribution in [0.25, 0.3) is 0 Å². The minimum Gasteiger partial charge on any atom is -0.399 e. The van der Waals surface area contributed by atoms with Crippen LogP contribution in [0.2, 0.25) is 0 Å². The van der Waals surface area contributed by atoms with Gasteiger partial charge in [0.1, 0.15) is 6.61 Å². The summed E-state index contributed by atoms with van der Waals surface area (Å²) in [6.45, 7) is -0.454. The van der Waals surface area contributed by atoms with Crippen LogP contribution in [0.3, 0.4) is 0 Å². The minimum atomic E-state index is -0.454. The van der Waals surface area contributed by atoms with Crippen molar-refractivity contribution in [2.75, 3.05) is 12.3 Å². The molecule has 0 aromatic heterocycles. The Labute approximate surface area is 64.5 Å². The van der Waals surface area contributed by atoms with Gasteiger partial charge in [-0.15, -0.1) is 0 Å². The number of rotatable bonds is 2. The third kappa shape index (κ3) is 1.78. The number of ketones is 1. The molecule has 0 aliphatic carbocycles. The van der Waals surface area contributed by atoms with Gasteiger partial charge in [0.05, 0.1) is 0 Å². The molecule has 0 spiro atoms. The van der Waals surface area contributed by atoms with Crippen LogP contribution in [0.5, 0.6) is 0 Å². The molecule has 0 saturated carbocycles. The predicted molar refractivity (Wildman–Crippen MR) is 42.3 cm³/mol. The zero-order chi connectivity index (χ0) is 8.27. The number of carbonyl (C=O) groups is 1. The molecule has 3 heteroatoms. The Balaban J connectivity index is 2.90. The van der Waals surface area contributed by atoms with Gasteiger partial charge in [0.15, 0.2) is 5.78 Å². The minimum absolute atomic E-state index is 0.287. The number of anilines is 1. The van der Waals surface area contributed by atoms with E-state index >= 15 is 0 Å². The molecular weight excluding hydrogens is 142 g/mol. The standard InChI is InChI=1S/C8H9NO2/c9-7-3-1-6(2-4-7)8(11)5-10/h1-4,10H,5,9H2. The highest BCUT2D eigenvalue weighted by Gasteiger charge is 2.01. The molecule has 11 heavy (non-hydrogen) atoms. The predicted octanol–water partition coefficient (Wildman–Crippen LogP) is 0.444. The fourth-order valence-electron chi connectivity index (χ4n) is 0.760. The summed E-state index contributed by atoms with van der Waals surface area (Å²) in [7, 11) is 0. The van der Waals surface area contributed by atoms with E-state index < -0.39 is 6.61 Å². The van der Waals surface area contributed by atoms with Gasteiger partial charge < -0.3 is 10.8 Å². The van der Waals surface area contributed by atoms with E-state index in [2.05, 4.69) is 0 Å². The molecule has 3 N–H and O–H groups in total. The van der Waals surface area contributed by atoms with Gasteiger partial charge in [0.2, 0.25) is 0 Å². The maximum Gasteiger partial charge on any atom is 0.188 e. The number of carbonyl (C=O) groups excluding carboxylic acids is 1. The highest BCUT2D eigenvalue weighted by molar-refractivity contribution is 5.97. The first-order valence-electron chi connectivity index (χ1n) is 3.23. The van der Waals surface area contributed by atoms with Crippen molar-refractivity contribution in [1.29, 1.82) is 0 Å². The number of Topliss-reactive ketones (excluding diaryl/α,β-unsaturated/α-hetero) is 1. The zero-order valence-corrected chi connectivity index (χ0v) is 5.95. The van der Waals surface area contributed by atoms with Gasteiger partial charge in [-0.25, -0.2) is 0 Å². The van der Waals surface area contributed by atoms with E-state index in [1.807, 2.05) is 0 Å². The maximum atomic E-state index is 10.8. The largest absolute Gasteiger partial charge is 0.399 e. The number of aliphatic hydroxyl groups is 1. The van der Waals surface area contributed by atoms with Crippen LogP contribution in [0.1, 0.15) is 10.4 Å². The number of hydrogen-bond acceptors (Lipinski definition) is 3. The summed E-state index contributed by atoms with van der Waals surface area (Å²) in [4.78, 5) is 10.8. The van der Waals surface area contributed by atoms with E-state index in [1.54, 1.807) is 24.3 Å². The summed E-state index contributed by atoms with van der Waals surface area (Å²) in [5, 5.41) is 8.48. The van der Waals surface area contributed by atoms with Gasteiger partial charge in [0.25, 0.3) is 0 Å². The van der Waals surface area contributed by atoms with E-state index in [0.29, 0.717) is 11.3 Å². The molecule has 0 saturated heterocycles. The topological polar surface area (TPSA) is 63.3 Å². The van der Waals surface area contributed by atoms with Gasteiger partial charge in [-0.05, 0) is 24.3 Å². The Morgan fingerprint density at radius 3 is 2.36 bits per heavy atom. The van der Waals surface area contributed by atoms with E-state index in [1.165, 1.54) is 0 Å². The fourth-order valence-corrected chi connectivity index (χ4v) is 0.760. The molecule has 0 heterocycles. The van der Waals surface area contributed by atoms with Crippen LogP contribution in [0, 0.1) is 0 Å². The fraction of sp³-hybridized carbons (Fsp3) is 0.125. The van der Waals surface area contributed by atoms with Gasteiger partial charge in [-0.1, -0.05) is 0 Å². The lowest BCUT2D eigenvalue weighted by Crippen LogP contribution is -2.03. The van der Waals surface area contributed by atoms with Gasteiger partial charge in [-0.3, -0.25) is 4.79 Å². The maximum absolute atomic E-state index is 10.8. The Morgan fingerprint density at radius 2 is 1.91 bits per heavy atom. The van der Waals surface area contributed by atoms with Gasteiger partial charge >= 0.3 is 0 Å². The summed E-state index contributed by atoms with van der Waals surface area (Å²) in [5.74, 6) is -0.287. The van der Waals surface area contributed by atoms with Crippen molar-refractivity contribution in [2.24, 2.45) is 0 Å². The normalized spacial score (nSPS) is 9.55. The highest BCUT2D eigenvalue weighted by Crippen LogP contribution is 2.05. The van der Waals surface area contributed by atoms with E-state index in [9.17, 15) is 4.79 Å². The summed E-state index contributed by atoms with van der Waals surface area (Å²) >= 11 is 0. The van der Waals surface area contributed by atoms with Crippen molar-refractivity contribution in [3.05, 3.63) is 29.8 Å². The molecule has 0 aliphatic heterocycles. The quantitative estimate of drug-likeness (QED) is 0.476. The second kappa shape index (κ2) is 3.16. The van der Waals surface area contributed by atoms with Gasteiger partial charge in [0, 0.05) is 11.3 Å². The lowest BCUT2D eigenvalue weighted by atomic mass is 10.1. The van der Waals surface area contributed by atoms with E-state index in [0.717, 1.165) is 0 Å². The Kier molecular flexibility index (Phi) is 2.23. The summed E-state index contributed by atoms with van der Waals surface area (Å²) < 4.78 is 0. The Bertz CT molecular complexity index is 253. The smallest absolute Gasteiger partial charge is 0.188 e. The molecule has 1 aromatic carbocycles. The SMILES string of the molecule is Nc1ccc(C(=O)CO)cc1. The monoisotopic (exact) mass is 151 g/mol. The second-order valence-electron chi connectivity index (χ2n) is 2.20. The van der Waals surface area contributed by atoms with Crippen LogP contribution < -0.4 is 5.73 Å². The first kappa shape index (κ1) is 7.75. The second-order valence-corrected chi connectivity index (χ2v) is 2.20. The molecule has 1 aromatic rings. The van der Waals surface area contributed by atoms with Crippen molar-refractivity contribution < 1.29 is 9.90 Å². The number of benzene rings is 1. The van der Waals surface area contributed by atoms with Crippen LogP contribution in [0.15, 0.2) is 24.3 Å². The third-order valence-corrected chi connectivity index (χ3v) is 1.38.